The van der Waals surface area contributed by atoms with E-state index in [9.17, 15) is 14.9 Å². The number of nitrogens with zero attached hydrogens (tertiary/aromatic N) is 1. The van der Waals surface area contributed by atoms with Gasteiger partial charge in [0.05, 0.1) is 17.4 Å². The highest BCUT2D eigenvalue weighted by Gasteiger charge is 2.28. The maximum atomic E-state index is 11.3. The third kappa shape index (κ3) is 3.66. The topological polar surface area (TPSA) is 102 Å². The van der Waals surface area contributed by atoms with Crippen molar-refractivity contribution in [3.8, 4) is 5.75 Å². The van der Waals surface area contributed by atoms with E-state index in [-0.39, 0.29) is 23.4 Å². The third-order valence-corrected chi connectivity index (χ3v) is 3.92. The zero-order valence-corrected chi connectivity index (χ0v) is 12.4. The first-order valence-electron chi connectivity index (χ1n) is 7.42. The second kappa shape index (κ2) is 7.11. The van der Waals surface area contributed by atoms with Gasteiger partial charge >= 0.3 is 11.7 Å². The number of ether oxygens (including phenoxy) is 1. The molecule has 2 rings (SSSR count). The van der Waals surface area contributed by atoms with Crippen LogP contribution in [0.25, 0.3) is 0 Å². The lowest BCUT2D eigenvalue weighted by Gasteiger charge is -2.27. The van der Waals surface area contributed by atoms with Gasteiger partial charge < -0.3 is 15.2 Å². The molecule has 2 N–H and O–H groups in total. The molecule has 120 valence electrons. The van der Waals surface area contributed by atoms with E-state index in [1.165, 1.54) is 0 Å². The van der Waals surface area contributed by atoms with Crippen LogP contribution in [0.1, 0.15) is 32.6 Å². The summed E-state index contributed by atoms with van der Waals surface area (Å²) in [5, 5.41) is 23.5. The van der Waals surface area contributed by atoms with Crippen LogP contribution in [0.4, 0.5) is 11.4 Å². The minimum atomic E-state index is -0.761. The summed E-state index contributed by atoms with van der Waals surface area (Å²) >= 11 is 0. The number of nitrogens with one attached hydrogen (secondary N) is 1. The Balaban J connectivity index is 2.11. The molecule has 0 spiro atoms. The average molecular weight is 308 g/mol. The van der Waals surface area contributed by atoms with Crippen LogP contribution in [0.3, 0.4) is 0 Å². The van der Waals surface area contributed by atoms with Gasteiger partial charge in [0, 0.05) is 6.04 Å². The van der Waals surface area contributed by atoms with E-state index >= 15 is 0 Å². The van der Waals surface area contributed by atoms with Gasteiger partial charge in [-0.05, 0) is 44.7 Å². The van der Waals surface area contributed by atoms with E-state index in [0.29, 0.717) is 38.0 Å². The quantitative estimate of drug-likeness (QED) is 0.618. The van der Waals surface area contributed by atoms with Crippen molar-refractivity contribution in [3.63, 3.8) is 0 Å². The summed E-state index contributed by atoms with van der Waals surface area (Å²) in [5.41, 5.74) is 0.361. The Morgan fingerprint density at radius 1 is 1.41 bits per heavy atom. The smallest absolute Gasteiger partial charge is 0.333 e. The molecule has 0 unspecified atom stereocenters. The first-order chi connectivity index (χ1) is 10.5. The van der Waals surface area contributed by atoms with Gasteiger partial charge in [-0.25, -0.2) is 0 Å². The molecule has 0 saturated heterocycles. The number of rotatable bonds is 6. The third-order valence-electron chi connectivity index (χ3n) is 3.92. The van der Waals surface area contributed by atoms with Crippen molar-refractivity contribution in [2.45, 2.75) is 38.6 Å². The zero-order valence-electron chi connectivity index (χ0n) is 12.4. The molecule has 22 heavy (non-hydrogen) atoms. The highest BCUT2D eigenvalue weighted by Crippen LogP contribution is 2.36. The molecule has 1 fully saturated rings. The van der Waals surface area contributed by atoms with Crippen LogP contribution in [0.2, 0.25) is 0 Å². The Kier molecular flexibility index (Phi) is 5.19. The van der Waals surface area contributed by atoms with Crippen LogP contribution >= 0.6 is 0 Å². The molecule has 1 aliphatic carbocycles. The van der Waals surface area contributed by atoms with Gasteiger partial charge in [-0.1, -0.05) is 6.07 Å². The van der Waals surface area contributed by atoms with Crippen LogP contribution in [0.15, 0.2) is 18.2 Å². The molecular weight excluding hydrogens is 288 g/mol. The number of hydrogen-bond donors (Lipinski definition) is 2. The zero-order chi connectivity index (χ0) is 16.1. The molecule has 0 radical (unpaired) electrons. The molecular formula is C15H20N2O5. The standard InChI is InChI=1S/C15H20N2O5/c1-2-22-13-5-3-4-12(14(13)17(20)21)16-11-8-6-10(7-9-11)15(18)19/h3-5,10-11,16H,2,6-9H2,1H3,(H,18,19). The highest BCUT2D eigenvalue weighted by atomic mass is 16.6. The number of nitro groups is 1. The Bertz CT molecular complexity index is 553. The maximum Gasteiger partial charge on any atom is 0.333 e. The van der Waals surface area contributed by atoms with Crippen molar-refractivity contribution in [1.82, 2.24) is 0 Å². The lowest BCUT2D eigenvalue weighted by atomic mass is 9.86. The summed E-state index contributed by atoms with van der Waals surface area (Å²) in [6.07, 6.45) is 2.55. The van der Waals surface area contributed by atoms with Gasteiger partial charge in [0.25, 0.3) is 0 Å². The summed E-state index contributed by atoms with van der Waals surface area (Å²) in [4.78, 5) is 21.8. The summed E-state index contributed by atoms with van der Waals surface area (Å²) in [6.45, 7) is 2.13. The second-order valence-electron chi connectivity index (χ2n) is 5.37. The van der Waals surface area contributed by atoms with Crippen molar-refractivity contribution in [2.75, 3.05) is 11.9 Å². The largest absolute Gasteiger partial charge is 0.487 e. The minimum Gasteiger partial charge on any atom is -0.487 e. The van der Waals surface area contributed by atoms with Gasteiger partial charge in [-0.3, -0.25) is 14.9 Å². The first-order valence-corrected chi connectivity index (χ1v) is 7.42. The molecule has 1 saturated carbocycles. The van der Waals surface area contributed by atoms with E-state index in [1.54, 1.807) is 25.1 Å². The van der Waals surface area contributed by atoms with Crippen LogP contribution in [-0.4, -0.2) is 28.6 Å². The SMILES string of the molecule is CCOc1cccc(NC2CCC(C(=O)O)CC2)c1[N+](=O)[O-]. The minimum absolute atomic E-state index is 0.0474. The highest BCUT2D eigenvalue weighted by molar-refractivity contribution is 5.70. The molecule has 7 heteroatoms. The summed E-state index contributed by atoms with van der Waals surface area (Å²) in [7, 11) is 0. The first kappa shape index (κ1) is 16.1. The number of aliphatic carboxylic acids is 1. The van der Waals surface area contributed by atoms with Crippen molar-refractivity contribution in [2.24, 2.45) is 5.92 Å². The van der Waals surface area contributed by atoms with Crippen LogP contribution in [-0.2, 0) is 4.79 Å². The van der Waals surface area contributed by atoms with Gasteiger partial charge in [0.1, 0.15) is 5.69 Å². The summed E-state index contributed by atoms with van der Waals surface area (Å²) in [6, 6.07) is 4.99. The van der Waals surface area contributed by atoms with Gasteiger partial charge in [0.15, 0.2) is 5.75 Å². The number of carboxylic acid groups (broad SMARTS) is 1. The number of anilines is 1. The molecule has 0 atom stereocenters. The number of nitro benzene ring substituents is 1. The number of benzene rings is 1. The van der Waals surface area contributed by atoms with Crippen molar-refractivity contribution < 1.29 is 19.6 Å². The number of hydrogen-bond acceptors (Lipinski definition) is 5. The molecule has 1 aromatic rings. The number of carbonyl (C=O) groups is 1. The maximum absolute atomic E-state index is 11.3. The fourth-order valence-electron chi connectivity index (χ4n) is 2.80. The molecule has 0 amide bonds. The van der Waals surface area contributed by atoms with Crippen LogP contribution < -0.4 is 10.1 Å². The van der Waals surface area contributed by atoms with Gasteiger partial charge in [-0.15, -0.1) is 0 Å². The predicted molar refractivity (Wildman–Crippen MR) is 81.3 cm³/mol. The van der Waals surface area contributed by atoms with E-state index in [2.05, 4.69) is 5.32 Å². The molecule has 0 aromatic heterocycles. The van der Waals surface area contributed by atoms with Gasteiger partial charge in [-0.2, -0.15) is 0 Å². The summed E-state index contributed by atoms with van der Waals surface area (Å²) in [5.74, 6) is -0.817. The van der Waals surface area contributed by atoms with Crippen molar-refractivity contribution >= 4 is 17.3 Å². The molecule has 1 aromatic carbocycles. The number of carboxylic acids is 1. The van der Waals surface area contributed by atoms with Crippen molar-refractivity contribution in [1.29, 1.82) is 0 Å². The van der Waals surface area contributed by atoms with E-state index in [1.807, 2.05) is 0 Å². The Morgan fingerprint density at radius 3 is 2.64 bits per heavy atom. The van der Waals surface area contributed by atoms with E-state index in [0.717, 1.165) is 0 Å². The Labute approximate surface area is 128 Å². The second-order valence-corrected chi connectivity index (χ2v) is 5.37. The molecule has 0 bridgehead atoms. The Morgan fingerprint density at radius 2 is 2.09 bits per heavy atom. The fourth-order valence-corrected chi connectivity index (χ4v) is 2.80. The normalized spacial score (nSPS) is 21.1. The average Bonchev–Trinajstić information content (AvgIpc) is 2.48. The Hall–Kier alpha value is -2.31. The summed E-state index contributed by atoms with van der Waals surface area (Å²) < 4.78 is 5.32. The van der Waals surface area contributed by atoms with E-state index < -0.39 is 10.9 Å². The van der Waals surface area contributed by atoms with Crippen LogP contribution in [0.5, 0.6) is 5.75 Å². The van der Waals surface area contributed by atoms with E-state index in [4.69, 9.17) is 9.84 Å². The fraction of sp³-hybridized carbons (Fsp3) is 0.533. The van der Waals surface area contributed by atoms with Crippen LogP contribution in [0, 0.1) is 16.0 Å². The molecule has 0 heterocycles. The van der Waals surface area contributed by atoms with Crippen molar-refractivity contribution in [3.05, 3.63) is 28.3 Å². The monoisotopic (exact) mass is 308 g/mol. The number of para-hydroxylation sites is 1. The lowest BCUT2D eigenvalue weighted by molar-refractivity contribution is -0.385. The van der Waals surface area contributed by atoms with Gasteiger partial charge in [0.2, 0.25) is 0 Å². The predicted octanol–water partition coefficient (Wildman–Crippen LogP) is 3.05. The lowest BCUT2D eigenvalue weighted by Crippen LogP contribution is -2.29. The molecule has 1 aliphatic rings. The molecule has 7 nitrogen and oxygen atoms in total. The molecule has 0 aliphatic heterocycles.